The van der Waals surface area contributed by atoms with Crippen LogP contribution in [0.1, 0.15) is 40.2 Å². The van der Waals surface area contributed by atoms with E-state index >= 15 is 0 Å². The number of Topliss-reactive ketones (excluding diaryl/α,β-unsaturated/α-hetero) is 1. The van der Waals surface area contributed by atoms with Gasteiger partial charge in [0, 0.05) is 49.0 Å². The molecule has 0 N–H and O–H groups in total. The number of aromatic nitrogens is 3. The molecule has 7 nitrogen and oxygen atoms in total. The number of piperidine rings is 1. The molecule has 4 rings (SSSR count). The van der Waals surface area contributed by atoms with Crippen LogP contribution in [0.5, 0.6) is 0 Å². The lowest BCUT2D eigenvalue weighted by atomic mass is 9.97. The summed E-state index contributed by atoms with van der Waals surface area (Å²) in [6, 6.07) is 9.89. The SMILES string of the molecule is Cc1cc(C(=O)COC(=O)C2CCN(c3ncccn3)CC2)c(C)n1Cc1ccc(F)cc1. The first kappa shape index (κ1) is 22.6. The van der Waals surface area contributed by atoms with Gasteiger partial charge in [-0.3, -0.25) is 9.59 Å². The number of nitrogens with zero attached hydrogens (tertiary/aromatic N) is 4. The normalized spacial score (nSPS) is 14.3. The highest BCUT2D eigenvalue weighted by atomic mass is 19.1. The first-order chi connectivity index (χ1) is 15.9. The molecule has 0 amide bonds. The van der Waals surface area contributed by atoms with Gasteiger partial charge in [-0.15, -0.1) is 0 Å². The van der Waals surface area contributed by atoms with Crippen LogP contribution in [-0.2, 0) is 16.1 Å². The van der Waals surface area contributed by atoms with Crippen LogP contribution in [0, 0.1) is 25.6 Å². The molecule has 1 aliphatic rings. The van der Waals surface area contributed by atoms with Gasteiger partial charge in [-0.05, 0) is 56.5 Å². The molecule has 0 spiro atoms. The Bertz CT molecular complexity index is 1120. The molecule has 33 heavy (non-hydrogen) atoms. The van der Waals surface area contributed by atoms with Gasteiger partial charge >= 0.3 is 5.97 Å². The Labute approximate surface area is 192 Å². The average molecular weight is 451 g/mol. The summed E-state index contributed by atoms with van der Waals surface area (Å²) in [5.74, 6) is -0.412. The topological polar surface area (TPSA) is 77.3 Å². The number of ketones is 1. The zero-order chi connectivity index (χ0) is 23.4. The monoisotopic (exact) mass is 450 g/mol. The summed E-state index contributed by atoms with van der Waals surface area (Å²) in [4.78, 5) is 35.9. The maximum absolute atomic E-state index is 13.2. The summed E-state index contributed by atoms with van der Waals surface area (Å²) in [7, 11) is 0. The summed E-state index contributed by atoms with van der Waals surface area (Å²) in [6.07, 6.45) is 4.67. The van der Waals surface area contributed by atoms with Gasteiger partial charge in [0.05, 0.1) is 5.92 Å². The molecule has 3 aromatic rings. The molecule has 0 unspecified atom stereocenters. The smallest absolute Gasteiger partial charge is 0.309 e. The van der Waals surface area contributed by atoms with E-state index in [-0.39, 0.29) is 30.1 Å². The molecule has 2 aromatic heterocycles. The molecule has 8 heteroatoms. The number of hydrogen-bond donors (Lipinski definition) is 0. The number of hydrogen-bond acceptors (Lipinski definition) is 6. The van der Waals surface area contributed by atoms with Gasteiger partial charge in [-0.25, -0.2) is 14.4 Å². The van der Waals surface area contributed by atoms with E-state index in [1.165, 1.54) is 12.1 Å². The lowest BCUT2D eigenvalue weighted by Gasteiger charge is -2.30. The summed E-state index contributed by atoms with van der Waals surface area (Å²) in [6.45, 7) is 5.39. The van der Waals surface area contributed by atoms with Crippen molar-refractivity contribution in [2.75, 3.05) is 24.6 Å². The molecule has 1 aliphatic heterocycles. The molecule has 0 saturated carbocycles. The molecular weight excluding hydrogens is 423 g/mol. The third kappa shape index (κ3) is 5.27. The van der Waals surface area contributed by atoms with Crippen LogP contribution in [0.25, 0.3) is 0 Å². The fraction of sp³-hybridized carbons (Fsp3) is 0.360. The van der Waals surface area contributed by atoms with Crippen molar-refractivity contribution in [3.8, 4) is 0 Å². The number of halogens is 1. The first-order valence-electron chi connectivity index (χ1n) is 11.1. The Kier molecular flexibility index (Phi) is 6.82. The lowest BCUT2D eigenvalue weighted by Crippen LogP contribution is -2.38. The van der Waals surface area contributed by atoms with Crippen LogP contribution < -0.4 is 4.90 Å². The molecule has 0 atom stereocenters. The van der Waals surface area contributed by atoms with E-state index in [4.69, 9.17) is 4.74 Å². The Morgan fingerprint density at radius 1 is 1.09 bits per heavy atom. The Morgan fingerprint density at radius 2 is 1.76 bits per heavy atom. The second-order valence-corrected chi connectivity index (χ2v) is 8.34. The van der Waals surface area contributed by atoms with Crippen LogP contribution in [0.2, 0.25) is 0 Å². The minimum absolute atomic E-state index is 0.225. The van der Waals surface area contributed by atoms with Gasteiger partial charge in [-0.2, -0.15) is 0 Å². The summed E-state index contributed by atoms with van der Waals surface area (Å²) in [5.41, 5.74) is 3.20. The van der Waals surface area contributed by atoms with Crippen molar-refractivity contribution >= 4 is 17.7 Å². The van der Waals surface area contributed by atoms with Crippen LogP contribution in [0.15, 0.2) is 48.8 Å². The van der Waals surface area contributed by atoms with E-state index in [9.17, 15) is 14.0 Å². The Balaban J connectivity index is 1.31. The quantitative estimate of drug-likeness (QED) is 0.403. The Hall–Kier alpha value is -3.55. The summed E-state index contributed by atoms with van der Waals surface area (Å²) >= 11 is 0. The number of aryl methyl sites for hydroxylation is 1. The molecule has 1 fully saturated rings. The summed E-state index contributed by atoms with van der Waals surface area (Å²) < 4.78 is 20.6. The van der Waals surface area contributed by atoms with Crippen LogP contribution in [0.3, 0.4) is 0 Å². The highest BCUT2D eigenvalue weighted by Gasteiger charge is 2.28. The number of anilines is 1. The lowest BCUT2D eigenvalue weighted by molar-refractivity contribution is -0.148. The van der Waals surface area contributed by atoms with Gasteiger partial charge in [-0.1, -0.05) is 12.1 Å². The predicted octanol–water partition coefficient (Wildman–Crippen LogP) is 3.72. The zero-order valence-corrected chi connectivity index (χ0v) is 18.8. The number of ether oxygens (including phenoxy) is 1. The van der Waals surface area contributed by atoms with Gasteiger partial charge < -0.3 is 14.2 Å². The van der Waals surface area contributed by atoms with Crippen molar-refractivity contribution < 1.29 is 18.7 Å². The second kappa shape index (κ2) is 9.94. The van der Waals surface area contributed by atoms with Crippen molar-refractivity contribution in [1.82, 2.24) is 14.5 Å². The number of benzene rings is 1. The fourth-order valence-corrected chi connectivity index (χ4v) is 4.20. The largest absolute Gasteiger partial charge is 0.457 e. The van der Waals surface area contributed by atoms with Gasteiger partial charge in [0.25, 0.3) is 0 Å². The molecule has 0 radical (unpaired) electrons. The van der Waals surface area contributed by atoms with E-state index in [2.05, 4.69) is 9.97 Å². The summed E-state index contributed by atoms with van der Waals surface area (Å²) in [5, 5.41) is 0. The van der Waals surface area contributed by atoms with E-state index in [0.29, 0.717) is 44.0 Å². The fourth-order valence-electron chi connectivity index (χ4n) is 4.20. The van der Waals surface area contributed by atoms with Gasteiger partial charge in [0.15, 0.2) is 6.61 Å². The number of rotatable bonds is 7. The number of carbonyl (C=O) groups is 2. The van der Waals surface area contributed by atoms with Crippen LogP contribution in [0.4, 0.5) is 10.3 Å². The maximum atomic E-state index is 13.2. The third-order valence-electron chi connectivity index (χ3n) is 6.14. The van der Waals surface area contributed by atoms with E-state index in [0.717, 1.165) is 17.0 Å². The van der Waals surface area contributed by atoms with Crippen molar-refractivity contribution in [2.45, 2.75) is 33.2 Å². The molecule has 172 valence electrons. The van der Waals surface area contributed by atoms with Crippen molar-refractivity contribution in [3.05, 3.63) is 77.1 Å². The number of esters is 1. The van der Waals surface area contributed by atoms with Crippen LogP contribution >= 0.6 is 0 Å². The van der Waals surface area contributed by atoms with E-state index in [1.807, 2.05) is 29.4 Å². The maximum Gasteiger partial charge on any atom is 0.309 e. The predicted molar refractivity (Wildman–Crippen MR) is 122 cm³/mol. The average Bonchev–Trinajstić information content (AvgIpc) is 3.12. The molecule has 3 heterocycles. The highest BCUT2D eigenvalue weighted by molar-refractivity contribution is 5.99. The van der Waals surface area contributed by atoms with E-state index in [1.54, 1.807) is 30.6 Å². The zero-order valence-electron chi connectivity index (χ0n) is 18.8. The molecule has 0 aliphatic carbocycles. The standard InChI is InChI=1S/C25H27FN4O3/c1-17-14-22(18(2)30(17)15-19-4-6-21(26)7-5-19)23(31)16-33-24(32)20-8-12-29(13-9-20)25-27-10-3-11-28-25/h3-7,10-11,14,20H,8-9,12-13,15-16H2,1-2H3. The minimum Gasteiger partial charge on any atom is -0.457 e. The minimum atomic E-state index is -0.336. The molecular formula is C25H27FN4O3. The van der Waals surface area contributed by atoms with Crippen LogP contribution in [-0.4, -0.2) is 46.0 Å². The third-order valence-corrected chi connectivity index (χ3v) is 6.14. The number of carbonyl (C=O) groups excluding carboxylic acids is 2. The molecule has 1 aromatic carbocycles. The first-order valence-corrected chi connectivity index (χ1v) is 11.1. The second-order valence-electron chi connectivity index (χ2n) is 8.34. The van der Waals surface area contributed by atoms with Crippen molar-refractivity contribution in [1.29, 1.82) is 0 Å². The molecule has 0 bridgehead atoms. The van der Waals surface area contributed by atoms with E-state index < -0.39 is 0 Å². The molecule has 1 saturated heterocycles. The highest BCUT2D eigenvalue weighted by Crippen LogP contribution is 2.22. The van der Waals surface area contributed by atoms with Crippen molar-refractivity contribution in [2.24, 2.45) is 5.92 Å². The Morgan fingerprint density at radius 3 is 2.42 bits per heavy atom. The van der Waals surface area contributed by atoms with Gasteiger partial charge in [0.2, 0.25) is 11.7 Å². The van der Waals surface area contributed by atoms with Crippen molar-refractivity contribution in [3.63, 3.8) is 0 Å². The van der Waals surface area contributed by atoms with Gasteiger partial charge in [0.1, 0.15) is 5.82 Å².